The molecular weight excluding hydrogens is 228 g/mol. The van der Waals surface area contributed by atoms with Crippen LogP contribution in [0.2, 0.25) is 0 Å². The van der Waals surface area contributed by atoms with Crippen LogP contribution < -0.4 is 0 Å². The lowest BCUT2D eigenvalue weighted by molar-refractivity contribution is 0.128. The third-order valence-electron chi connectivity index (χ3n) is 3.59. The molecule has 0 unspecified atom stereocenters. The van der Waals surface area contributed by atoms with Gasteiger partial charge in [0.15, 0.2) is 0 Å². The van der Waals surface area contributed by atoms with E-state index in [1.807, 2.05) is 11.8 Å². The molecule has 1 nitrogen and oxygen atoms in total. The number of hydrogen-bond acceptors (Lipinski definition) is 2. The molecule has 0 saturated heterocycles. The normalized spacial score (nSPS) is 24.1. The minimum absolute atomic E-state index is 0.00544. The summed E-state index contributed by atoms with van der Waals surface area (Å²) in [6, 6.07) is 10.6. The summed E-state index contributed by atoms with van der Waals surface area (Å²) in [7, 11) is 0. The van der Waals surface area contributed by atoms with Crippen molar-refractivity contribution in [3.63, 3.8) is 0 Å². The second-order valence-electron chi connectivity index (χ2n) is 4.94. The Morgan fingerprint density at radius 1 is 1.18 bits per heavy atom. The number of hydrogen-bond donors (Lipinski definition) is 1. The summed E-state index contributed by atoms with van der Waals surface area (Å²) in [5.74, 6) is 2.93. The minimum Gasteiger partial charge on any atom is -0.393 e. The number of benzene rings is 1. The molecule has 1 fully saturated rings. The Labute approximate surface area is 109 Å². The molecule has 0 spiro atoms. The van der Waals surface area contributed by atoms with E-state index < -0.39 is 0 Å². The van der Waals surface area contributed by atoms with Crippen molar-refractivity contribution in [2.75, 3.05) is 5.75 Å². The third-order valence-corrected chi connectivity index (χ3v) is 4.71. The standard InChI is InChI=1S/C15H22OS/c16-15-10-4-8-14(15)9-5-11-17-12-13-6-2-1-3-7-13/h1-3,6-7,14-16H,4-5,8-12H2/t14-,15+/m1/s1. The van der Waals surface area contributed by atoms with E-state index in [0.29, 0.717) is 5.92 Å². The van der Waals surface area contributed by atoms with E-state index in [1.165, 1.54) is 37.0 Å². The van der Waals surface area contributed by atoms with Crippen LogP contribution in [0.3, 0.4) is 0 Å². The van der Waals surface area contributed by atoms with Gasteiger partial charge in [0.05, 0.1) is 6.10 Å². The van der Waals surface area contributed by atoms with Gasteiger partial charge in [-0.05, 0) is 42.9 Å². The molecule has 0 radical (unpaired) electrons. The summed E-state index contributed by atoms with van der Waals surface area (Å²) in [5.41, 5.74) is 1.42. The van der Waals surface area contributed by atoms with Crippen LogP contribution in [0.5, 0.6) is 0 Å². The highest BCUT2D eigenvalue weighted by Gasteiger charge is 2.24. The van der Waals surface area contributed by atoms with Gasteiger partial charge in [-0.15, -0.1) is 0 Å². The molecule has 1 aromatic carbocycles. The molecule has 2 rings (SSSR count). The fraction of sp³-hybridized carbons (Fsp3) is 0.600. The number of thioether (sulfide) groups is 1. The molecule has 2 heteroatoms. The first kappa shape index (κ1) is 13.0. The zero-order chi connectivity index (χ0) is 11.9. The lowest BCUT2D eigenvalue weighted by atomic mass is 10.0. The van der Waals surface area contributed by atoms with Crippen molar-refractivity contribution in [2.24, 2.45) is 5.92 Å². The fourth-order valence-electron chi connectivity index (χ4n) is 2.57. The summed E-state index contributed by atoms with van der Waals surface area (Å²) in [4.78, 5) is 0. The van der Waals surface area contributed by atoms with Gasteiger partial charge in [0.1, 0.15) is 0 Å². The zero-order valence-corrected chi connectivity index (χ0v) is 11.2. The molecule has 1 aliphatic carbocycles. The Morgan fingerprint density at radius 3 is 2.71 bits per heavy atom. The third kappa shape index (κ3) is 4.36. The van der Waals surface area contributed by atoms with E-state index in [0.717, 1.165) is 12.2 Å². The predicted octanol–water partition coefficient (Wildman–Crippen LogP) is 3.86. The Kier molecular flexibility index (Phi) is 5.40. The lowest BCUT2D eigenvalue weighted by Gasteiger charge is -2.13. The molecule has 0 aliphatic heterocycles. The van der Waals surface area contributed by atoms with Gasteiger partial charge >= 0.3 is 0 Å². The van der Waals surface area contributed by atoms with Gasteiger partial charge in [0.2, 0.25) is 0 Å². The van der Waals surface area contributed by atoms with Crippen LogP contribution in [0.1, 0.15) is 37.7 Å². The van der Waals surface area contributed by atoms with Crippen molar-refractivity contribution in [2.45, 2.75) is 44.0 Å². The Bertz CT molecular complexity index is 312. The average Bonchev–Trinajstić information content (AvgIpc) is 2.76. The van der Waals surface area contributed by atoms with Crippen LogP contribution in [-0.2, 0) is 5.75 Å². The highest BCUT2D eigenvalue weighted by atomic mass is 32.2. The molecule has 0 bridgehead atoms. The van der Waals surface area contributed by atoms with E-state index in [2.05, 4.69) is 30.3 Å². The molecular formula is C15H22OS. The van der Waals surface area contributed by atoms with Crippen LogP contribution in [0.4, 0.5) is 0 Å². The maximum absolute atomic E-state index is 9.72. The van der Waals surface area contributed by atoms with Crippen molar-refractivity contribution in [3.05, 3.63) is 35.9 Å². The van der Waals surface area contributed by atoms with Crippen molar-refractivity contribution in [1.82, 2.24) is 0 Å². The topological polar surface area (TPSA) is 20.2 Å². The lowest BCUT2D eigenvalue weighted by Crippen LogP contribution is -2.12. The van der Waals surface area contributed by atoms with Gasteiger partial charge in [0.25, 0.3) is 0 Å². The first-order valence-corrected chi connectivity index (χ1v) is 7.81. The molecule has 0 amide bonds. The van der Waals surface area contributed by atoms with E-state index in [-0.39, 0.29) is 6.10 Å². The van der Waals surface area contributed by atoms with Gasteiger partial charge in [-0.2, -0.15) is 11.8 Å². The predicted molar refractivity (Wildman–Crippen MR) is 75.2 cm³/mol. The molecule has 1 saturated carbocycles. The highest BCUT2D eigenvalue weighted by molar-refractivity contribution is 7.98. The van der Waals surface area contributed by atoms with Crippen molar-refractivity contribution in [3.8, 4) is 0 Å². The molecule has 0 heterocycles. The van der Waals surface area contributed by atoms with Crippen LogP contribution in [-0.4, -0.2) is 17.0 Å². The first-order chi connectivity index (χ1) is 8.36. The molecule has 1 aromatic rings. The van der Waals surface area contributed by atoms with Crippen LogP contribution in [0.15, 0.2) is 30.3 Å². The summed E-state index contributed by atoms with van der Waals surface area (Å²) < 4.78 is 0. The number of aliphatic hydroxyl groups excluding tert-OH is 1. The Morgan fingerprint density at radius 2 is 2.00 bits per heavy atom. The smallest absolute Gasteiger partial charge is 0.0568 e. The second-order valence-corrected chi connectivity index (χ2v) is 6.04. The van der Waals surface area contributed by atoms with Gasteiger partial charge in [0, 0.05) is 5.75 Å². The maximum Gasteiger partial charge on any atom is 0.0568 e. The molecule has 17 heavy (non-hydrogen) atoms. The van der Waals surface area contributed by atoms with E-state index in [1.54, 1.807) is 0 Å². The molecule has 1 aliphatic rings. The summed E-state index contributed by atoms with van der Waals surface area (Å²) in [6.07, 6.45) is 5.95. The van der Waals surface area contributed by atoms with Gasteiger partial charge in [-0.1, -0.05) is 36.8 Å². The molecule has 1 N–H and O–H groups in total. The number of rotatable bonds is 6. The summed E-state index contributed by atoms with van der Waals surface area (Å²) in [6.45, 7) is 0. The SMILES string of the molecule is O[C@H]1CCC[C@@H]1CCCSCc1ccccc1. The van der Waals surface area contributed by atoms with Gasteiger partial charge in [-0.25, -0.2) is 0 Å². The van der Waals surface area contributed by atoms with Crippen LogP contribution >= 0.6 is 11.8 Å². The second kappa shape index (κ2) is 7.07. The quantitative estimate of drug-likeness (QED) is 0.774. The van der Waals surface area contributed by atoms with Crippen molar-refractivity contribution >= 4 is 11.8 Å². The average molecular weight is 250 g/mol. The zero-order valence-electron chi connectivity index (χ0n) is 10.3. The monoisotopic (exact) mass is 250 g/mol. The van der Waals surface area contributed by atoms with Crippen molar-refractivity contribution in [1.29, 1.82) is 0 Å². The van der Waals surface area contributed by atoms with E-state index >= 15 is 0 Å². The Hall–Kier alpha value is -0.470. The minimum atomic E-state index is -0.00544. The largest absolute Gasteiger partial charge is 0.393 e. The molecule has 0 aromatic heterocycles. The van der Waals surface area contributed by atoms with Gasteiger partial charge < -0.3 is 5.11 Å². The van der Waals surface area contributed by atoms with Crippen LogP contribution in [0, 0.1) is 5.92 Å². The Balaban J connectivity index is 1.55. The summed E-state index contributed by atoms with van der Waals surface area (Å²) >= 11 is 2.01. The van der Waals surface area contributed by atoms with Gasteiger partial charge in [-0.3, -0.25) is 0 Å². The fourth-order valence-corrected chi connectivity index (χ4v) is 3.51. The summed E-state index contributed by atoms with van der Waals surface area (Å²) in [5, 5.41) is 9.72. The molecule has 2 atom stereocenters. The number of aliphatic hydroxyl groups is 1. The maximum atomic E-state index is 9.72. The highest BCUT2D eigenvalue weighted by Crippen LogP contribution is 2.29. The van der Waals surface area contributed by atoms with Crippen molar-refractivity contribution < 1.29 is 5.11 Å². The first-order valence-electron chi connectivity index (χ1n) is 6.66. The van der Waals surface area contributed by atoms with E-state index in [9.17, 15) is 5.11 Å². The van der Waals surface area contributed by atoms with E-state index in [4.69, 9.17) is 0 Å². The molecule has 94 valence electrons. The van der Waals surface area contributed by atoms with Crippen LogP contribution in [0.25, 0.3) is 0 Å².